The zero-order chi connectivity index (χ0) is 17.9. The Morgan fingerprint density at radius 1 is 1.38 bits per heavy atom. The van der Waals surface area contributed by atoms with Crippen LogP contribution in [0.3, 0.4) is 0 Å². The number of nitrogens with one attached hydrogen (secondary N) is 2. The Morgan fingerprint density at radius 2 is 2.08 bits per heavy atom. The Bertz CT molecular complexity index is 798. The van der Waals surface area contributed by atoms with Gasteiger partial charge >= 0.3 is 11.9 Å². The van der Waals surface area contributed by atoms with Crippen LogP contribution in [-0.2, 0) is 9.47 Å². The van der Waals surface area contributed by atoms with Crippen molar-refractivity contribution in [3.05, 3.63) is 32.9 Å². The molecule has 0 aliphatic heterocycles. The molecule has 1 amide bonds. The van der Waals surface area contributed by atoms with E-state index in [2.05, 4.69) is 15.5 Å². The van der Waals surface area contributed by atoms with Gasteiger partial charge in [-0.15, -0.1) is 11.3 Å². The second kappa shape index (κ2) is 7.45. The van der Waals surface area contributed by atoms with E-state index in [0.717, 1.165) is 11.3 Å². The van der Waals surface area contributed by atoms with Crippen LogP contribution in [0, 0.1) is 6.92 Å². The lowest BCUT2D eigenvalue weighted by Crippen LogP contribution is -2.15. The molecule has 10 heteroatoms. The fraction of sp³-hybridized carbons (Fsp3) is 0.286. The van der Waals surface area contributed by atoms with Gasteiger partial charge in [-0.2, -0.15) is 5.10 Å². The molecule has 2 heterocycles. The highest BCUT2D eigenvalue weighted by molar-refractivity contribution is 7.18. The number of H-pyrrole nitrogens is 1. The molecule has 2 N–H and O–H groups in total. The summed E-state index contributed by atoms with van der Waals surface area (Å²) >= 11 is 6.77. The monoisotopic (exact) mass is 371 g/mol. The van der Waals surface area contributed by atoms with E-state index in [4.69, 9.17) is 21.1 Å². The smallest absolute Gasteiger partial charge is 0.348 e. The van der Waals surface area contributed by atoms with E-state index in [0.29, 0.717) is 5.56 Å². The number of nitrogens with zero attached hydrogens (tertiary/aromatic N) is 1. The Kier molecular flexibility index (Phi) is 5.58. The van der Waals surface area contributed by atoms with Crippen LogP contribution in [0.15, 0.2) is 6.20 Å². The molecule has 2 aromatic rings. The largest absolute Gasteiger partial charge is 0.465 e. The number of aromatic nitrogens is 2. The molecule has 0 unspecified atom stereocenters. The number of rotatable bonds is 5. The van der Waals surface area contributed by atoms with Crippen molar-refractivity contribution in [3.8, 4) is 0 Å². The molecule has 0 aliphatic carbocycles. The van der Waals surface area contributed by atoms with Gasteiger partial charge in [0.15, 0.2) is 0 Å². The standard InChI is InChI=1S/C14H14ClN3O5S/c1-4-23-14(21)10-6(2)8(13(20)22-3)12(24-10)17-11(19)9-7(15)5-16-18-9/h5H,4H2,1-3H3,(H,16,18)(H,17,19). The molecule has 0 radical (unpaired) electrons. The molecule has 128 valence electrons. The van der Waals surface area contributed by atoms with Crippen molar-refractivity contribution in [1.29, 1.82) is 0 Å². The summed E-state index contributed by atoms with van der Waals surface area (Å²) in [6, 6.07) is 0. The van der Waals surface area contributed by atoms with Gasteiger partial charge in [0.1, 0.15) is 15.6 Å². The molecule has 0 aliphatic rings. The molecule has 0 aromatic carbocycles. The van der Waals surface area contributed by atoms with Crippen molar-refractivity contribution in [2.24, 2.45) is 0 Å². The van der Waals surface area contributed by atoms with Crippen molar-refractivity contribution < 1.29 is 23.9 Å². The van der Waals surface area contributed by atoms with Crippen LogP contribution in [0.25, 0.3) is 0 Å². The summed E-state index contributed by atoms with van der Waals surface area (Å²) in [6.07, 6.45) is 1.28. The van der Waals surface area contributed by atoms with Gasteiger partial charge in [0.05, 0.1) is 30.5 Å². The number of anilines is 1. The van der Waals surface area contributed by atoms with E-state index in [1.54, 1.807) is 13.8 Å². The Morgan fingerprint density at radius 3 is 2.62 bits per heavy atom. The van der Waals surface area contributed by atoms with E-state index in [-0.39, 0.29) is 32.8 Å². The van der Waals surface area contributed by atoms with Crippen molar-refractivity contribution in [2.75, 3.05) is 19.0 Å². The minimum Gasteiger partial charge on any atom is -0.465 e. The van der Waals surface area contributed by atoms with E-state index in [1.807, 2.05) is 0 Å². The second-order valence-corrected chi connectivity index (χ2v) is 5.95. The van der Waals surface area contributed by atoms with E-state index in [9.17, 15) is 14.4 Å². The zero-order valence-electron chi connectivity index (χ0n) is 13.1. The maximum atomic E-state index is 12.2. The van der Waals surface area contributed by atoms with Crippen molar-refractivity contribution >= 4 is 45.8 Å². The summed E-state index contributed by atoms with van der Waals surface area (Å²) < 4.78 is 9.68. The highest BCUT2D eigenvalue weighted by atomic mass is 35.5. The summed E-state index contributed by atoms with van der Waals surface area (Å²) in [6.45, 7) is 3.44. The third kappa shape index (κ3) is 3.41. The quantitative estimate of drug-likeness (QED) is 0.782. The maximum Gasteiger partial charge on any atom is 0.348 e. The first-order valence-electron chi connectivity index (χ1n) is 6.79. The van der Waals surface area contributed by atoms with Crippen molar-refractivity contribution in [2.45, 2.75) is 13.8 Å². The number of amides is 1. The van der Waals surface area contributed by atoms with Gasteiger partial charge in [0.25, 0.3) is 5.91 Å². The van der Waals surface area contributed by atoms with Crippen LogP contribution < -0.4 is 5.32 Å². The lowest BCUT2D eigenvalue weighted by atomic mass is 10.1. The molecule has 0 saturated heterocycles. The number of carbonyl (C=O) groups is 3. The molecule has 24 heavy (non-hydrogen) atoms. The molecule has 2 rings (SSSR count). The molecule has 2 aromatic heterocycles. The molecule has 0 saturated carbocycles. The Hall–Kier alpha value is -2.39. The SMILES string of the molecule is CCOC(=O)c1sc(NC(=O)c2[nH]ncc2Cl)c(C(=O)OC)c1C. The third-order valence-electron chi connectivity index (χ3n) is 3.04. The number of aromatic amines is 1. The van der Waals surface area contributed by atoms with E-state index < -0.39 is 17.8 Å². The maximum absolute atomic E-state index is 12.2. The average Bonchev–Trinajstić information content (AvgIpc) is 3.10. The molecule has 0 atom stereocenters. The topological polar surface area (TPSA) is 110 Å². The van der Waals surface area contributed by atoms with Crippen LogP contribution >= 0.6 is 22.9 Å². The first-order chi connectivity index (χ1) is 11.4. The number of esters is 2. The number of halogens is 1. The molecular formula is C14H14ClN3O5S. The normalized spacial score (nSPS) is 10.3. The van der Waals surface area contributed by atoms with Crippen LogP contribution in [0.4, 0.5) is 5.00 Å². The summed E-state index contributed by atoms with van der Waals surface area (Å²) in [5.74, 6) is -1.85. The van der Waals surface area contributed by atoms with E-state index >= 15 is 0 Å². The number of hydrogen-bond donors (Lipinski definition) is 2. The van der Waals surface area contributed by atoms with Gasteiger partial charge in [-0.05, 0) is 19.4 Å². The van der Waals surface area contributed by atoms with Crippen LogP contribution in [0.1, 0.15) is 43.0 Å². The lowest BCUT2D eigenvalue weighted by molar-refractivity contribution is 0.0531. The Balaban J connectivity index is 2.42. The molecular weight excluding hydrogens is 358 g/mol. The fourth-order valence-electron chi connectivity index (χ4n) is 1.94. The first kappa shape index (κ1) is 18.0. The van der Waals surface area contributed by atoms with Gasteiger partial charge < -0.3 is 14.8 Å². The zero-order valence-corrected chi connectivity index (χ0v) is 14.6. The summed E-state index contributed by atoms with van der Waals surface area (Å²) in [7, 11) is 1.21. The second-order valence-electron chi connectivity index (χ2n) is 4.52. The highest BCUT2D eigenvalue weighted by Gasteiger charge is 2.27. The average molecular weight is 372 g/mol. The predicted octanol–water partition coefficient (Wildman–Crippen LogP) is 2.65. The number of thiophene rings is 1. The Labute approximate surface area is 146 Å². The van der Waals surface area contributed by atoms with Gasteiger partial charge in [0, 0.05) is 0 Å². The van der Waals surface area contributed by atoms with Crippen LogP contribution in [0.5, 0.6) is 0 Å². The molecule has 8 nitrogen and oxygen atoms in total. The van der Waals surface area contributed by atoms with Gasteiger partial charge in [0.2, 0.25) is 0 Å². The van der Waals surface area contributed by atoms with Gasteiger partial charge in [-0.3, -0.25) is 9.89 Å². The molecule has 0 bridgehead atoms. The molecule has 0 spiro atoms. The van der Waals surface area contributed by atoms with Crippen LogP contribution in [-0.4, -0.2) is 41.8 Å². The van der Waals surface area contributed by atoms with Gasteiger partial charge in [-0.25, -0.2) is 9.59 Å². The summed E-state index contributed by atoms with van der Waals surface area (Å²) in [5, 5.41) is 8.95. The number of ether oxygens (including phenoxy) is 2. The fourth-order valence-corrected chi connectivity index (χ4v) is 3.20. The summed E-state index contributed by atoms with van der Waals surface area (Å²) in [4.78, 5) is 36.5. The van der Waals surface area contributed by atoms with Crippen molar-refractivity contribution in [3.63, 3.8) is 0 Å². The minimum atomic E-state index is -0.676. The van der Waals surface area contributed by atoms with Gasteiger partial charge in [-0.1, -0.05) is 11.6 Å². The van der Waals surface area contributed by atoms with E-state index in [1.165, 1.54) is 13.3 Å². The molecule has 0 fully saturated rings. The number of carbonyl (C=O) groups excluding carboxylic acids is 3. The number of methoxy groups -OCH3 is 1. The third-order valence-corrected chi connectivity index (χ3v) is 4.52. The lowest BCUT2D eigenvalue weighted by Gasteiger charge is -2.05. The predicted molar refractivity (Wildman–Crippen MR) is 87.9 cm³/mol. The van der Waals surface area contributed by atoms with Crippen LogP contribution in [0.2, 0.25) is 5.02 Å². The number of hydrogen-bond acceptors (Lipinski definition) is 7. The first-order valence-corrected chi connectivity index (χ1v) is 7.99. The minimum absolute atomic E-state index is 0.0382. The highest BCUT2D eigenvalue weighted by Crippen LogP contribution is 2.34. The summed E-state index contributed by atoms with van der Waals surface area (Å²) in [5.41, 5.74) is 0.502. The van der Waals surface area contributed by atoms with Crippen molar-refractivity contribution in [1.82, 2.24) is 10.2 Å².